The summed E-state index contributed by atoms with van der Waals surface area (Å²) < 4.78 is 5.63. The Balaban J connectivity index is 1.16. The summed E-state index contributed by atoms with van der Waals surface area (Å²) in [5.41, 5.74) is 0.864. The molecule has 1 unspecified atom stereocenters. The van der Waals surface area contributed by atoms with Crippen LogP contribution in [0.1, 0.15) is 44.1 Å². The van der Waals surface area contributed by atoms with Crippen LogP contribution in [0.2, 0.25) is 10.0 Å². The van der Waals surface area contributed by atoms with Crippen molar-refractivity contribution in [3.8, 4) is 0 Å². The van der Waals surface area contributed by atoms with Crippen molar-refractivity contribution in [2.75, 3.05) is 52.4 Å². The first-order chi connectivity index (χ1) is 22.0. The van der Waals surface area contributed by atoms with E-state index < -0.39 is 12.1 Å². The summed E-state index contributed by atoms with van der Waals surface area (Å²) in [7, 11) is 0. The molecule has 4 amide bonds. The number of likely N-dealkylation sites (tertiary alicyclic amines) is 1. The average molecular weight is 718 g/mol. The number of ether oxygens (including phenoxy) is 1. The highest BCUT2D eigenvalue weighted by Gasteiger charge is 2.51. The molecule has 2 aliphatic carbocycles. The van der Waals surface area contributed by atoms with Crippen molar-refractivity contribution in [1.29, 1.82) is 0 Å². The Morgan fingerprint density at radius 1 is 1.02 bits per heavy atom. The Bertz CT molecular complexity index is 1360. The Kier molecular flexibility index (Phi) is 12.1. The van der Waals surface area contributed by atoms with Gasteiger partial charge < -0.3 is 35.2 Å². The highest BCUT2D eigenvalue weighted by molar-refractivity contribution is 6.44. The maximum atomic E-state index is 13.4. The minimum Gasteiger partial charge on any atom is -0.447 e. The van der Waals surface area contributed by atoms with Crippen LogP contribution in [-0.4, -0.2) is 102 Å². The van der Waals surface area contributed by atoms with Crippen LogP contribution in [-0.2, 0) is 16.1 Å². The van der Waals surface area contributed by atoms with Gasteiger partial charge in [0.15, 0.2) is 0 Å². The van der Waals surface area contributed by atoms with Crippen LogP contribution in [0.25, 0.3) is 0 Å². The molecule has 2 heterocycles. The van der Waals surface area contributed by atoms with Crippen LogP contribution in [0.15, 0.2) is 40.4 Å². The smallest absolute Gasteiger partial charge is 0.407 e. The van der Waals surface area contributed by atoms with Crippen molar-refractivity contribution in [1.82, 2.24) is 25.3 Å². The molecule has 4 aliphatic rings. The van der Waals surface area contributed by atoms with E-state index in [1.54, 1.807) is 28.0 Å². The summed E-state index contributed by atoms with van der Waals surface area (Å²) in [6.07, 6.45) is 7.25. The zero-order chi connectivity index (χ0) is 32.8. The predicted octanol–water partition coefficient (Wildman–Crippen LogP) is 5.33. The Morgan fingerprint density at radius 3 is 2.54 bits per heavy atom. The Labute approximate surface area is 290 Å². The quantitative estimate of drug-likeness (QED) is 0.302. The molecule has 0 aromatic heterocycles. The first-order valence-electron chi connectivity index (χ1n) is 15.8. The second-order valence-electron chi connectivity index (χ2n) is 12.6. The Hall–Kier alpha value is -2.21. The molecule has 252 valence electrons. The van der Waals surface area contributed by atoms with E-state index in [2.05, 4.69) is 15.5 Å². The lowest BCUT2D eigenvalue weighted by molar-refractivity contribution is -0.133. The summed E-state index contributed by atoms with van der Waals surface area (Å²) >= 11 is 24.3. The SMILES string of the molecule is O=C(NCc1ccc(Cl)c(Cl)c1)OC[C@H](CCN1CCC2(CC2)[C@H](O)C1)N1CCN(C(=O)NCC2C=C(Cl)C(Cl)=CC2)CCC1=O. The number of piperidine rings is 1. The number of nitrogens with zero attached hydrogens (tertiary/aromatic N) is 3. The number of carbonyl (C=O) groups is 3. The summed E-state index contributed by atoms with van der Waals surface area (Å²) in [5.74, 6) is -0.0611. The summed E-state index contributed by atoms with van der Waals surface area (Å²) in [5, 5.41) is 18.2. The van der Waals surface area contributed by atoms with Crippen LogP contribution >= 0.6 is 46.4 Å². The molecule has 14 heteroatoms. The monoisotopic (exact) mass is 715 g/mol. The topological polar surface area (TPSA) is 114 Å². The molecule has 46 heavy (non-hydrogen) atoms. The molecule has 0 bridgehead atoms. The lowest BCUT2D eigenvalue weighted by Crippen LogP contribution is -2.49. The minimum atomic E-state index is -0.614. The van der Waals surface area contributed by atoms with Gasteiger partial charge in [0.05, 0.1) is 32.3 Å². The number of nitrogens with one attached hydrogen (secondary N) is 2. The third-order valence-electron chi connectivity index (χ3n) is 9.54. The zero-order valence-corrected chi connectivity index (χ0v) is 28.7. The van der Waals surface area contributed by atoms with E-state index in [0.29, 0.717) is 65.7 Å². The average Bonchev–Trinajstić information content (AvgIpc) is 3.85. The molecule has 1 aromatic carbocycles. The molecule has 0 radical (unpaired) electrons. The zero-order valence-electron chi connectivity index (χ0n) is 25.7. The number of carbonyl (C=O) groups excluding carboxylic acids is 3. The van der Waals surface area contributed by atoms with Gasteiger partial charge in [-0.1, -0.05) is 64.6 Å². The van der Waals surface area contributed by atoms with E-state index in [4.69, 9.17) is 51.1 Å². The molecule has 3 N–H and O–H groups in total. The molecule has 1 aromatic rings. The van der Waals surface area contributed by atoms with E-state index in [9.17, 15) is 19.5 Å². The second kappa shape index (κ2) is 15.8. The number of amides is 4. The number of rotatable bonds is 10. The van der Waals surface area contributed by atoms with Crippen molar-refractivity contribution in [3.63, 3.8) is 0 Å². The molecule has 5 rings (SSSR count). The first-order valence-corrected chi connectivity index (χ1v) is 17.3. The summed E-state index contributed by atoms with van der Waals surface area (Å²) in [6.45, 7) is 3.68. The highest BCUT2D eigenvalue weighted by Crippen LogP contribution is 2.53. The molecular formula is C32H41Cl4N5O5. The van der Waals surface area contributed by atoms with Crippen LogP contribution in [0, 0.1) is 11.3 Å². The Morgan fingerprint density at radius 2 is 1.83 bits per heavy atom. The van der Waals surface area contributed by atoms with Gasteiger partial charge in [-0.2, -0.15) is 0 Å². The maximum Gasteiger partial charge on any atom is 0.407 e. The number of halogens is 4. The molecule has 1 saturated carbocycles. The molecule has 1 spiro atoms. The summed E-state index contributed by atoms with van der Waals surface area (Å²) in [4.78, 5) is 44.7. The lowest BCUT2D eigenvalue weighted by atomic mass is 9.90. The van der Waals surface area contributed by atoms with E-state index in [-0.39, 0.29) is 55.5 Å². The van der Waals surface area contributed by atoms with Crippen LogP contribution in [0.5, 0.6) is 0 Å². The van der Waals surface area contributed by atoms with E-state index >= 15 is 0 Å². The minimum absolute atomic E-state index is 0.00364. The standard InChI is InChI=1S/C32H41Cl4N5O5/c33-24-3-1-21(15-26(24)35)17-37-30(44)40-11-6-29(43)41(14-13-40)23(5-10-39-12-9-32(7-8-32)28(42)19-39)20-46-31(45)38-18-22-2-4-25(34)27(36)16-22/h2-4,15-16,21,23,28,42H,1,5-14,17-20H2,(H,37,44)(H,38,45)/t21?,23-,28+/m0/s1. The third-order valence-corrected chi connectivity index (χ3v) is 11.1. The van der Waals surface area contributed by atoms with Gasteiger partial charge in [-0.3, -0.25) is 4.79 Å². The number of benzene rings is 1. The fraction of sp³-hybridized carbons (Fsp3) is 0.594. The molecular weight excluding hydrogens is 676 g/mol. The van der Waals surface area contributed by atoms with Crippen molar-refractivity contribution in [2.24, 2.45) is 11.3 Å². The molecule has 10 nitrogen and oxygen atoms in total. The largest absolute Gasteiger partial charge is 0.447 e. The fourth-order valence-corrected chi connectivity index (χ4v) is 7.07. The van der Waals surface area contributed by atoms with Gasteiger partial charge in [0, 0.05) is 52.2 Å². The molecule has 2 aliphatic heterocycles. The van der Waals surface area contributed by atoms with Gasteiger partial charge in [0.1, 0.15) is 6.61 Å². The van der Waals surface area contributed by atoms with Crippen LogP contribution in [0.4, 0.5) is 9.59 Å². The summed E-state index contributed by atoms with van der Waals surface area (Å²) in [6, 6.07) is 4.46. The van der Waals surface area contributed by atoms with Gasteiger partial charge in [0.25, 0.3) is 0 Å². The van der Waals surface area contributed by atoms with E-state index in [0.717, 1.165) is 31.4 Å². The van der Waals surface area contributed by atoms with Gasteiger partial charge in [0.2, 0.25) is 5.91 Å². The van der Waals surface area contributed by atoms with Gasteiger partial charge in [-0.25, -0.2) is 9.59 Å². The number of β-amino-alcohol motifs (C(OH)–C–C–N with tert-alkyl or cyclic N) is 1. The van der Waals surface area contributed by atoms with Crippen molar-refractivity contribution < 1.29 is 24.2 Å². The third kappa shape index (κ3) is 9.23. The lowest BCUT2D eigenvalue weighted by Gasteiger charge is -2.38. The van der Waals surface area contributed by atoms with Crippen molar-refractivity contribution in [2.45, 2.75) is 57.2 Å². The number of urea groups is 1. The normalized spacial score (nSPS) is 23.7. The van der Waals surface area contributed by atoms with Crippen molar-refractivity contribution in [3.05, 3.63) is 56.0 Å². The number of aliphatic hydroxyl groups excluding tert-OH is 1. The second-order valence-corrected chi connectivity index (χ2v) is 14.3. The van der Waals surface area contributed by atoms with Gasteiger partial charge >= 0.3 is 12.1 Å². The predicted molar refractivity (Wildman–Crippen MR) is 179 cm³/mol. The van der Waals surface area contributed by atoms with Gasteiger partial charge in [-0.15, -0.1) is 0 Å². The highest BCUT2D eigenvalue weighted by atomic mass is 35.5. The van der Waals surface area contributed by atoms with E-state index in [1.807, 2.05) is 12.2 Å². The number of hydrogen-bond donors (Lipinski definition) is 3. The first kappa shape index (κ1) is 35.1. The molecule has 3 fully saturated rings. The van der Waals surface area contributed by atoms with E-state index in [1.165, 1.54) is 0 Å². The molecule has 2 saturated heterocycles. The number of aliphatic hydroxyl groups is 1. The molecule has 3 atom stereocenters. The maximum absolute atomic E-state index is 13.4. The fourth-order valence-electron chi connectivity index (χ4n) is 6.34. The van der Waals surface area contributed by atoms with Crippen molar-refractivity contribution >= 4 is 64.4 Å². The number of allylic oxidation sites excluding steroid dienone is 3. The van der Waals surface area contributed by atoms with Crippen LogP contribution in [0.3, 0.4) is 0 Å². The number of alkyl carbamates (subject to hydrolysis) is 1. The van der Waals surface area contributed by atoms with Crippen LogP contribution < -0.4 is 10.6 Å². The number of hydrogen-bond acceptors (Lipinski definition) is 6. The van der Waals surface area contributed by atoms with Gasteiger partial charge in [-0.05, 0) is 67.7 Å².